The van der Waals surface area contributed by atoms with E-state index in [9.17, 15) is 4.79 Å². The van der Waals surface area contributed by atoms with Gasteiger partial charge in [-0.05, 0) is 61.5 Å². The van der Waals surface area contributed by atoms with Crippen molar-refractivity contribution >= 4 is 35.0 Å². The molecule has 0 radical (unpaired) electrons. The molecule has 10 heteroatoms. The first-order chi connectivity index (χ1) is 17.5. The summed E-state index contributed by atoms with van der Waals surface area (Å²) in [6.45, 7) is 1.90. The summed E-state index contributed by atoms with van der Waals surface area (Å²) in [7, 11) is 3.15. The van der Waals surface area contributed by atoms with E-state index in [1.54, 1.807) is 25.3 Å². The third kappa shape index (κ3) is 6.10. The van der Waals surface area contributed by atoms with Gasteiger partial charge in [-0.25, -0.2) is 0 Å². The normalized spacial score (nSPS) is 11.6. The molecule has 0 fully saturated rings. The van der Waals surface area contributed by atoms with Crippen LogP contribution in [0.4, 0.5) is 5.69 Å². The monoisotopic (exact) mass is 524 g/mol. The maximum atomic E-state index is 12.7. The van der Waals surface area contributed by atoms with Crippen LogP contribution in [0.2, 0.25) is 5.02 Å². The number of anilines is 1. The van der Waals surface area contributed by atoms with Gasteiger partial charge in [-0.2, -0.15) is 0 Å². The molecule has 1 heterocycles. The van der Waals surface area contributed by atoms with Gasteiger partial charge >= 0.3 is 0 Å². The van der Waals surface area contributed by atoms with Gasteiger partial charge in [0.15, 0.2) is 17.1 Å². The number of thioether (sulfide) groups is 1. The van der Waals surface area contributed by atoms with Crippen molar-refractivity contribution in [1.82, 2.24) is 14.8 Å². The number of benzene rings is 3. The van der Waals surface area contributed by atoms with E-state index in [2.05, 4.69) is 15.5 Å². The van der Waals surface area contributed by atoms with Crippen LogP contribution in [0.1, 0.15) is 18.9 Å². The van der Waals surface area contributed by atoms with Crippen LogP contribution < -0.4 is 19.5 Å². The van der Waals surface area contributed by atoms with E-state index in [1.807, 2.05) is 66.1 Å². The Balaban J connectivity index is 1.53. The van der Waals surface area contributed by atoms with Crippen molar-refractivity contribution < 1.29 is 19.0 Å². The highest BCUT2D eigenvalue weighted by atomic mass is 35.5. The first-order valence-corrected chi connectivity index (χ1v) is 12.4. The van der Waals surface area contributed by atoms with Gasteiger partial charge in [-0.3, -0.25) is 9.36 Å². The summed E-state index contributed by atoms with van der Waals surface area (Å²) in [5.41, 5.74) is 1.37. The lowest BCUT2D eigenvalue weighted by Gasteiger charge is -2.17. The molecule has 0 saturated heterocycles. The predicted molar refractivity (Wildman–Crippen MR) is 141 cm³/mol. The number of para-hydroxylation sites is 1. The first-order valence-electron chi connectivity index (χ1n) is 11.1. The number of methoxy groups -OCH3 is 2. The molecule has 0 spiro atoms. The zero-order valence-electron chi connectivity index (χ0n) is 20.0. The molecule has 3 aromatic carbocycles. The van der Waals surface area contributed by atoms with Crippen LogP contribution in [0.15, 0.2) is 78.0 Å². The lowest BCUT2D eigenvalue weighted by molar-refractivity contribution is -0.113. The lowest BCUT2D eigenvalue weighted by Crippen LogP contribution is -2.16. The van der Waals surface area contributed by atoms with Gasteiger partial charge in [0.25, 0.3) is 0 Å². The van der Waals surface area contributed by atoms with E-state index in [1.165, 1.54) is 18.9 Å². The molecular weight excluding hydrogens is 500 g/mol. The van der Waals surface area contributed by atoms with Crippen LogP contribution in [-0.4, -0.2) is 40.6 Å². The second-order valence-electron chi connectivity index (χ2n) is 7.63. The van der Waals surface area contributed by atoms with Crippen LogP contribution in [0, 0.1) is 0 Å². The second-order valence-corrected chi connectivity index (χ2v) is 9.01. The van der Waals surface area contributed by atoms with Crippen molar-refractivity contribution in [2.75, 3.05) is 25.3 Å². The minimum Gasteiger partial charge on any atom is -0.497 e. The van der Waals surface area contributed by atoms with E-state index >= 15 is 0 Å². The van der Waals surface area contributed by atoms with Gasteiger partial charge in [0.1, 0.15) is 17.2 Å². The molecule has 0 aliphatic heterocycles. The maximum absolute atomic E-state index is 12.7. The van der Waals surface area contributed by atoms with E-state index < -0.39 is 6.10 Å². The molecule has 4 aromatic rings. The molecule has 1 aromatic heterocycles. The topological polar surface area (TPSA) is 87.5 Å². The van der Waals surface area contributed by atoms with E-state index in [-0.39, 0.29) is 11.7 Å². The van der Waals surface area contributed by atoms with Crippen LogP contribution in [-0.2, 0) is 4.79 Å². The number of nitrogens with zero attached hydrogens (tertiary/aromatic N) is 3. The summed E-state index contributed by atoms with van der Waals surface area (Å²) in [5.74, 6) is 2.43. The second kappa shape index (κ2) is 11.8. The van der Waals surface area contributed by atoms with Crippen molar-refractivity contribution in [3.63, 3.8) is 0 Å². The van der Waals surface area contributed by atoms with E-state index in [0.29, 0.717) is 33.2 Å². The number of aromatic nitrogens is 3. The van der Waals surface area contributed by atoms with Gasteiger partial charge in [0, 0.05) is 10.7 Å². The molecule has 1 atom stereocenters. The maximum Gasteiger partial charge on any atom is 0.234 e. The molecule has 8 nitrogen and oxygen atoms in total. The standard InChI is InChI=1S/C26H25ClN4O4S/c1-17(35-21-12-10-20(33-2)11-13-21)25-29-30-26(31(25)19-7-5-4-6-8-19)36-16-24(32)28-22-15-18(27)9-14-23(22)34-3/h4-15,17H,16H2,1-3H3,(H,28,32). The Morgan fingerprint density at radius 1 is 1.00 bits per heavy atom. The van der Waals surface area contributed by atoms with Gasteiger partial charge < -0.3 is 19.5 Å². The zero-order chi connectivity index (χ0) is 25.5. The number of carbonyl (C=O) groups is 1. The van der Waals surface area contributed by atoms with Crippen molar-refractivity contribution in [2.24, 2.45) is 0 Å². The Morgan fingerprint density at radius 3 is 2.42 bits per heavy atom. The minimum atomic E-state index is -0.412. The van der Waals surface area contributed by atoms with Crippen LogP contribution in [0.25, 0.3) is 5.69 Å². The molecule has 1 unspecified atom stereocenters. The average Bonchev–Trinajstić information content (AvgIpc) is 3.33. The largest absolute Gasteiger partial charge is 0.497 e. The Bertz CT molecular complexity index is 1320. The van der Waals surface area contributed by atoms with Crippen LogP contribution >= 0.6 is 23.4 Å². The SMILES string of the molecule is COc1ccc(OC(C)c2nnc(SCC(=O)Nc3cc(Cl)ccc3OC)n2-c2ccccc2)cc1. The number of hydrogen-bond donors (Lipinski definition) is 1. The predicted octanol–water partition coefficient (Wildman–Crippen LogP) is 5.81. The molecule has 0 aliphatic carbocycles. The molecule has 1 amide bonds. The quantitative estimate of drug-likeness (QED) is 0.262. The molecule has 36 heavy (non-hydrogen) atoms. The highest BCUT2D eigenvalue weighted by molar-refractivity contribution is 7.99. The Kier molecular flexibility index (Phi) is 8.35. The Labute approximate surface area is 218 Å². The number of carbonyl (C=O) groups excluding carboxylic acids is 1. The van der Waals surface area contributed by atoms with Gasteiger partial charge in [0.2, 0.25) is 5.91 Å². The minimum absolute atomic E-state index is 0.106. The smallest absolute Gasteiger partial charge is 0.234 e. The summed E-state index contributed by atoms with van der Waals surface area (Å²) in [4.78, 5) is 12.7. The van der Waals surface area contributed by atoms with E-state index in [0.717, 1.165) is 11.4 Å². The lowest BCUT2D eigenvalue weighted by atomic mass is 10.3. The Hall–Kier alpha value is -3.69. The third-order valence-corrected chi connectivity index (χ3v) is 6.34. The van der Waals surface area contributed by atoms with Gasteiger partial charge in [-0.1, -0.05) is 41.6 Å². The number of ether oxygens (including phenoxy) is 3. The summed E-state index contributed by atoms with van der Waals surface area (Å²) < 4.78 is 18.5. The van der Waals surface area contributed by atoms with Crippen molar-refractivity contribution in [3.05, 3.63) is 83.6 Å². The van der Waals surface area contributed by atoms with Crippen molar-refractivity contribution in [1.29, 1.82) is 0 Å². The first kappa shape index (κ1) is 25.4. The molecule has 186 valence electrons. The van der Waals surface area contributed by atoms with Crippen LogP contribution in [0.3, 0.4) is 0 Å². The third-order valence-electron chi connectivity index (χ3n) is 5.18. The fourth-order valence-electron chi connectivity index (χ4n) is 3.46. The molecular formula is C26H25ClN4O4S. The highest BCUT2D eigenvalue weighted by Crippen LogP contribution is 2.30. The fraction of sp³-hybridized carbons (Fsp3) is 0.192. The summed E-state index contributed by atoms with van der Waals surface area (Å²) in [6.07, 6.45) is -0.412. The van der Waals surface area contributed by atoms with E-state index in [4.69, 9.17) is 25.8 Å². The number of nitrogens with one attached hydrogen (secondary N) is 1. The van der Waals surface area contributed by atoms with Gasteiger partial charge in [-0.15, -0.1) is 10.2 Å². The Morgan fingerprint density at radius 2 is 1.72 bits per heavy atom. The molecule has 0 aliphatic rings. The highest BCUT2D eigenvalue weighted by Gasteiger charge is 2.22. The number of rotatable bonds is 10. The molecule has 4 rings (SSSR count). The van der Waals surface area contributed by atoms with Gasteiger partial charge in [0.05, 0.1) is 25.7 Å². The van der Waals surface area contributed by atoms with Crippen molar-refractivity contribution in [3.8, 4) is 22.9 Å². The average molecular weight is 525 g/mol. The number of amides is 1. The summed E-state index contributed by atoms with van der Waals surface area (Å²) in [6, 6.07) is 22.1. The number of halogens is 1. The molecule has 1 N–H and O–H groups in total. The van der Waals surface area contributed by atoms with Crippen molar-refractivity contribution in [2.45, 2.75) is 18.2 Å². The molecule has 0 bridgehead atoms. The fourth-order valence-corrected chi connectivity index (χ4v) is 4.39. The van der Waals surface area contributed by atoms with Crippen LogP contribution in [0.5, 0.6) is 17.2 Å². The molecule has 0 saturated carbocycles. The summed E-state index contributed by atoms with van der Waals surface area (Å²) in [5, 5.41) is 12.7. The zero-order valence-corrected chi connectivity index (χ0v) is 21.5. The summed E-state index contributed by atoms with van der Waals surface area (Å²) >= 11 is 7.34. The number of hydrogen-bond acceptors (Lipinski definition) is 7.